The Kier molecular flexibility index (Phi) is 5.30. The zero-order valence-electron chi connectivity index (χ0n) is 14.5. The molecule has 120 valence electrons. The van der Waals surface area contributed by atoms with Gasteiger partial charge in [-0.05, 0) is 48.7 Å². The molecule has 1 aromatic carbocycles. The first-order valence-corrected chi connectivity index (χ1v) is 11.0. The molecule has 0 radical (unpaired) electrons. The molecule has 1 unspecified atom stereocenters. The van der Waals surface area contributed by atoms with Crippen molar-refractivity contribution in [1.82, 2.24) is 4.57 Å². The minimum absolute atomic E-state index is 0.121. The van der Waals surface area contributed by atoms with E-state index in [0.717, 1.165) is 12.8 Å². The first kappa shape index (κ1) is 17.0. The fraction of sp³-hybridized carbons (Fsp3) is 0.474. The van der Waals surface area contributed by atoms with Gasteiger partial charge in [-0.3, -0.25) is 0 Å². The van der Waals surface area contributed by atoms with Gasteiger partial charge in [-0.25, -0.2) is 0 Å². The molecule has 0 N–H and O–H groups in total. The van der Waals surface area contributed by atoms with Crippen molar-refractivity contribution in [1.29, 1.82) is 0 Å². The molecule has 1 atom stereocenters. The summed E-state index contributed by atoms with van der Waals surface area (Å²) in [6, 6.07) is 14.8. The van der Waals surface area contributed by atoms with Gasteiger partial charge in [0.25, 0.3) is 0 Å². The van der Waals surface area contributed by atoms with E-state index < -0.39 is 8.32 Å². The van der Waals surface area contributed by atoms with Crippen LogP contribution in [0.2, 0.25) is 18.1 Å². The van der Waals surface area contributed by atoms with Gasteiger partial charge in [0.2, 0.25) is 0 Å². The average molecular weight is 316 g/mol. The lowest BCUT2D eigenvalue weighted by molar-refractivity contribution is 0.105. The van der Waals surface area contributed by atoms with Gasteiger partial charge in [0, 0.05) is 12.4 Å². The molecular formula is C19H29NOSi. The van der Waals surface area contributed by atoms with Crippen LogP contribution in [0.25, 0.3) is 0 Å². The van der Waals surface area contributed by atoms with E-state index in [0.29, 0.717) is 0 Å². The highest BCUT2D eigenvalue weighted by Gasteiger charge is 2.39. The van der Waals surface area contributed by atoms with Crippen molar-refractivity contribution in [2.75, 3.05) is 0 Å². The number of hydrogen-bond donors (Lipinski definition) is 0. The van der Waals surface area contributed by atoms with Gasteiger partial charge in [-0.2, -0.15) is 0 Å². The van der Waals surface area contributed by atoms with E-state index >= 15 is 0 Å². The third kappa shape index (κ3) is 4.34. The van der Waals surface area contributed by atoms with E-state index in [1.165, 1.54) is 5.56 Å². The van der Waals surface area contributed by atoms with Crippen LogP contribution in [0.3, 0.4) is 0 Å². The van der Waals surface area contributed by atoms with Gasteiger partial charge in [0.1, 0.15) is 6.23 Å². The Labute approximate surface area is 136 Å². The molecule has 0 aliphatic heterocycles. The summed E-state index contributed by atoms with van der Waals surface area (Å²) < 4.78 is 8.88. The molecule has 1 aromatic heterocycles. The summed E-state index contributed by atoms with van der Waals surface area (Å²) in [4.78, 5) is 0. The van der Waals surface area contributed by atoms with Crippen LogP contribution in [-0.4, -0.2) is 12.9 Å². The number of aromatic nitrogens is 1. The maximum atomic E-state index is 6.67. The van der Waals surface area contributed by atoms with Crippen molar-refractivity contribution in [2.24, 2.45) is 0 Å². The zero-order valence-corrected chi connectivity index (χ0v) is 15.5. The van der Waals surface area contributed by atoms with E-state index in [1.807, 2.05) is 0 Å². The molecule has 0 aliphatic rings. The molecule has 0 fully saturated rings. The quantitative estimate of drug-likeness (QED) is 0.629. The topological polar surface area (TPSA) is 14.2 Å². The minimum Gasteiger partial charge on any atom is -0.397 e. The van der Waals surface area contributed by atoms with Gasteiger partial charge >= 0.3 is 0 Å². The van der Waals surface area contributed by atoms with Crippen molar-refractivity contribution >= 4 is 8.32 Å². The van der Waals surface area contributed by atoms with Gasteiger partial charge in [0.15, 0.2) is 8.32 Å². The number of aryl methyl sites for hydroxylation is 1. The van der Waals surface area contributed by atoms with E-state index in [1.54, 1.807) is 0 Å². The van der Waals surface area contributed by atoms with Gasteiger partial charge in [0.05, 0.1) is 0 Å². The molecule has 22 heavy (non-hydrogen) atoms. The van der Waals surface area contributed by atoms with Gasteiger partial charge in [-0.15, -0.1) is 0 Å². The molecule has 2 nitrogen and oxygen atoms in total. The lowest BCUT2D eigenvalue weighted by Crippen LogP contribution is -2.42. The Morgan fingerprint density at radius 2 is 1.59 bits per heavy atom. The zero-order chi connectivity index (χ0) is 16.2. The second-order valence-corrected chi connectivity index (χ2v) is 12.2. The molecule has 0 saturated carbocycles. The molecule has 3 heteroatoms. The number of nitrogens with zero attached hydrogens (tertiary/aromatic N) is 1. The van der Waals surface area contributed by atoms with Crippen molar-refractivity contribution < 1.29 is 4.43 Å². The Bertz CT molecular complexity index is 555. The predicted molar refractivity (Wildman–Crippen MR) is 96.5 cm³/mol. The lowest BCUT2D eigenvalue weighted by atomic mass is 10.1. The molecule has 0 amide bonds. The highest BCUT2D eigenvalue weighted by Crippen LogP contribution is 2.39. The molecule has 2 aromatic rings. The summed E-state index contributed by atoms with van der Waals surface area (Å²) in [5.74, 6) is 0. The second kappa shape index (κ2) is 6.84. The number of hydrogen-bond acceptors (Lipinski definition) is 1. The van der Waals surface area contributed by atoms with Crippen molar-refractivity contribution in [2.45, 2.75) is 58.0 Å². The fourth-order valence-corrected chi connectivity index (χ4v) is 3.53. The summed E-state index contributed by atoms with van der Waals surface area (Å²) in [6.07, 6.45) is 6.39. The van der Waals surface area contributed by atoms with Crippen molar-refractivity contribution in [3.05, 3.63) is 60.4 Å². The fourth-order valence-electron chi connectivity index (χ4n) is 2.26. The van der Waals surface area contributed by atoms with Gasteiger partial charge < -0.3 is 8.99 Å². The van der Waals surface area contributed by atoms with E-state index in [9.17, 15) is 0 Å². The van der Waals surface area contributed by atoms with E-state index in [4.69, 9.17) is 4.43 Å². The molecule has 2 rings (SSSR count). The number of benzene rings is 1. The first-order valence-electron chi connectivity index (χ1n) is 8.14. The predicted octanol–water partition coefficient (Wildman–Crippen LogP) is 5.64. The maximum absolute atomic E-state index is 6.67. The molecule has 0 spiro atoms. The van der Waals surface area contributed by atoms with Crippen LogP contribution in [0.4, 0.5) is 0 Å². The van der Waals surface area contributed by atoms with Crippen LogP contribution in [0.5, 0.6) is 0 Å². The maximum Gasteiger partial charge on any atom is 0.194 e. The van der Waals surface area contributed by atoms with Crippen LogP contribution >= 0.6 is 0 Å². The Balaban J connectivity index is 2.11. The standard InChI is InChI=1S/C19H29NOSi/c1-19(2,3)22(4,5)21-18(20-15-9-10-16-20)14-13-17-11-7-6-8-12-17/h6-12,15-16,18H,13-14H2,1-5H3. The Morgan fingerprint density at radius 1 is 1.00 bits per heavy atom. The lowest BCUT2D eigenvalue weighted by Gasteiger charge is -2.39. The monoisotopic (exact) mass is 315 g/mol. The number of rotatable bonds is 6. The van der Waals surface area contributed by atoms with E-state index in [-0.39, 0.29) is 11.3 Å². The van der Waals surface area contributed by atoms with Crippen molar-refractivity contribution in [3.63, 3.8) is 0 Å². The Hall–Kier alpha value is -1.32. The summed E-state index contributed by atoms with van der Waals surface area (Å²) in [7, 11) is -1.78. The summed E-state index contributed by atoms with van der Waals surface area (Å²) in [5, 5.41) is 0.227. The van der Waals surface area contributed by atoms with E-state index in [2.05, 4.69) is 93.3 Å². The molecular weight excluding hydrogens is 286 g/mol. The average Bonchev–Trinajstić information content (AvgIpc) is 2.97. The molecule has 0 saturated heterocycles. The highest BCUT2D eigenvalue weighted by atomic mass is 28.4. The largest absolute Gasteiger partial charge is 0.397 e. The minimum atomic E-state index is -1.78. The Morgan fingerprint density at radius 3 is 2.14 bits per heavy atom. The highest BCUT2D eigenvalue weighted by molar-refractivity contribution is 6.74. The third-order valence-corrected chi connectivity index (χ3v) is 9.19. The normalized spacial score (nSPS) is 14.0. The smallest absolute Gasteiger partial charge is 0.194 e. The molecule has 0 bridgehead atoms. The van der Waals surface area contributed by atoms with Crippen LogP contribution in [0.15, 0.2) is 54.9 Å². The molecule has 1 heterocycles. The van der Waals surface area contributed by atoms with Crippen LogP contribution < -0.4 is 0 Å². The second-order valence-electron chi connectivity index (χ2n) is 7.49. The first-order chi connectivity index (χ1) is 10.3. The summed E-state index contributed by atoms with van der Waals surface area (Å²) in [6.45, 7) is 11.5. The molecule has 0 aliphatic carbocycles. The van der Waals surface area contributed by atoms with Crippen molar-refractivity contribution in [3.8, 4) is 0 Å². The van der Waals surface area contributed by atoms with Gasteiger partial charge in [-0.1, -0.05) is 51.1 Å². The van der Waals surface area contributed by atoms with Crippen LogP contribution in [-0.2, 0) is 10.8 Å². The van der Waals surface area contributed by atoms with Crippen LogP contribution in [0.1, 0.15) is 39.0 Å². The third-order valence-electron chi connectivity index (χ3n) is 4.72. The summed E-state index contributed by atoms with van der Waals surface area (Å²) >= 11 is 0. The SMILES string of the molecule is CC(C)(C)[Si](C)(C)OC(CCc1ccccc1)n1cccc1. The van der Waals surface area contributed by atoms with Crippen LogP contribution in [0, 0.1) is 0 Å². The summed E-state index contributed by atoms with van der Waals surface area (Å²) in [5.41, 5.74) is 1.37.